The zero-order chi connectivity index (χ0) is 16.1. The number of thiocarbonyl (C=S) groups is 1. The molecule has 0 bridgehead atoms. The molecule has 0 unspecified atom stereocenters. The molecule has 0 spiro atoms. The first-order valence-corrected chi connectivity index (χ1v) is 8.64. The Hall–Kier alpha value is -1.84. The number of rotatable bonds is 5. The number of hydrogen-bond donors (Lipinski definition) is 0. The van der Waals surface area contributed by atoms with Crippen LogP contribution in [0, 0.1) is 0 Å². The molecule has 23 heavy (non-hydrogen) atoms. The van der Waals surface area contributed by atoms with E-state index >= 15 is 0 Å². The average Bonchev–Trinajstić information content (AvgIpc) is 2.63. The maximum atomic E-state index is 12.5. The van der Waals surface area contributed by atoms with Crippen LogP contribution in [0.1, 0.15) is 46.3 Å². The summed E-state index contributed by atoms with van der Waals surface area (Å²) in [6.07, 6.45) is 3.95. The fraction of sp³-hybridized carbons (Fsp3) is 0.300. The number of ketones is 1. The van der Waals surface area contributed by atoms with Crippen molar-refractivity contribution in [2.24, 2.45) is 0 Å². The number of benzene rings is 2. The highest BCUT2D eigenvalue weighted by Gasteiger charge is 2.12. The van der Waals surface area contributed by atoms with Crippen molar-refractivity contribution < 1.29 is 4.79 Å². The quantitative estimate of drug-likeness (QED) is 0.606. The van der Waals surface area contributed by atoms with Crippen LogP contribution in [-0.4, -0.2) is 29.1 Å². The van der Waals surface area contributed by atoms with Crippen molar-refractivity contribution in [3.05, 3.63) is 70.8 Å². The molecule has 1 saturated heterocycles. The number of likely N-dealkylation sites (tertiary alicyclic amines) is 1. The van der Waals surface area contributed by atoms with Crippen LogP contribution in [0.2, 0.25) is 0 Å². The maximum Gasteiger partial charge on any atom is 0.193 e. The van der Waals surface area contributed by atoms with Gasteiger partial charge in [-0.25, -0.2) is 0 Å². The summed E-state index contributed by atoms with van der Waals surface area (Å²) >= 11 is 4.89. The first-order chi connectivity index (χ1) is 11.3. The Bertz CT molecular complexity index is 670. The average molecular weight is 323 g/mol. The van der Waals surface area contributed by atoms with Gasteiger partial charge in [0.1, 0.15) is 0 Å². The molecule has 1 fully saturated rings. The fourth-order valence-electron chi connectivity index (χ4n) is 3.02. The van der Waals surface area contributed by atoms with Crippen LogP contribution >= 0.6 is 12.2 Å². The van der Waals surface area contributed by atoms with Crippen molar-refractivity contribution in [3.63, 3.8) is 0 Å². The molecule has 0 aromatic heterocycles. The van der Waals surface area contributed by atoms with E-state index in [2.05, 4.69) is 17.0 Å². The summed E-state index contributed by atoms with van der Waals surface area (Å²) in [5.41, 5.74) is 3.67. The molecule has 0 radical (unpaired) electrons. The van der Waals surface area contributed by atoms with E-state index in [-0.39, 0.29) is 5.78 Å². The third kappa shape index (κ3) is 4.12. The van der Waals surface area contributed by atoms with Gasteiger partial charge in [0.05, 0.1) is 0 Å². The lowest BCUT2D eigenvalue weighted by molar-refractivity contribution is 0.103. The van der Waals surface area contributed by atoms with Gasteiger partial charge in [-0.1, -0.05) is 67.2 Å². The zero-order valence-electron chi connectivity index (χ0n) is 13.2. The van der Waals surface area contributed by atoms with Gasteiger partial charge in [0.25, 0.3) is 0 Å². The van der Waals surface area contributed by atoms with Crippen molar-refractivity contribution in [2.45, 2.75) is 25.8 Å². The number of carbonyl (C=O) groups excluding carboxylic acids is 1. The Labute approximate surface area is 143 Å². The lowest BCUT2D eigenvalue weighted by Crippen LogP contribution is -2.29. The molecule has 3 heteroatoms. The van der Waals surface area contributed by atoms with Gasteiger partial charge in [-0.15, -0.1) is 0 Å². The molecule has 0 atom stereocenters. The van der Waals surface area contributed by atoms with E-state index in [4.69, 9.17) is 12.2 Å². The molecule has 2 aromatic rings. The van der Waals surface area contributed by atoms with Gasteiger partial charge in [-0.05, 0) is 37.1 Å². The van der Waals surface area contributed by atoms with Gasteiger partial charge in [0.2, 0.25) is 0 Å². The number of piperidine rings is 1. The van der Waals surface area contributed by atoms with E-state index in [1.807, 2.05) is 36.4 Å². The fourth-order valence-corrected chi connectivity index (χ4v) is 3.17. The van der Waals surface area contributed by atoms with Crippen LogP contribution in [0.15, 0.2) is 48.5 Å². The Morgan fingerprint density at radius 2 is 1.48 bits per heavy atom. The highest BCUT2D eigenvalue weighted by Crippen LogP contribution is 2.15. The van der Waals surface area contributed by atoms with Gasteiger partial charge < -0.3 is 0 Å². The van der Waals surface area contributed by atoms with Crippen LogP contribution in [-0.2, 0) is 6.54 Å². The minimum absolute atomic E-state index is 0.0606. The molecule has 1 heterocycles. The van der Waals surface area contributed by atoms with E-state index < -0.39 is 0 Å². The molecule has 0 amide bonds. The summed E-state index contributed by atoms with van der Waals surface area (Å²) in [6, 6.07) is 15.5. The van der Waals surface area contributed by atoms with Gasteiger partial charge >= 0.3 is 0 Å². The van der Waals surface area contributed by atoms with Crippen LogP contribution in [0.25, 0.3) is 0 Å². The van der Waals surface area contributed by atoms with Crippen molar-refractivity contribution in [1.29, 1.82) is 0 Å². The third-order valence-corrected chi connectivity index (χ3v) is 4.65. The second-order valence-corrected chi connectivity index (χ2v) is 6.34. The molecular formula is C20H21NOS. The molecule has 0 aliphatic carbocycles. The van der Waals surface area contributed by atoms with Gasteiger partial charge in [-0.3, -0.25) is 9.69 Å². The highest BCUT2D eigenvalue weighted by atomic mass is 32.1. The summed E-state index contributed by atoms with van der Waals surface area (Å²) in [6.45, 7) is 3.36. The van der Waals surface area contributed by atoms with Gasteiger partial charge in [0.15, 0.2) is 5.78 Å². The SMILES string of the molecule is O=C(c1ccc(C=S)cc1)c1ccc(CN2CCCCC2)cc1. The largest absolute Gasteiger partial charge is 0.299 e. The van der Waals surface area contributed by atoms with Crippen molar-refractivity contribution in [2.75, 3.05) is 13.1 Å². The number of carbonyl (C=O) groups is 1. The predicted molar refractivity (Wildman–Crippen MR) is 98.2 cm³/mol. The first kappa shape index (κ1) is 16.0. The standard InChI is InChI=1S/C20H21NOS/c22-20(19-10-6-17(15-23)7-11-19)18-8-4-16(5-9-18)14-21-12-2-1-3-13-21/h4-11,15H,1-3,12-14H2. The lowest BCUT2D eigenvalue weighted by Gasteiger charge is -2.26. The van der Waals surface area contributed by atoms with Crippen LogP contribution in [0.5, 0.6) is 0 Å². The minimum Gasteiger partial charge on any atom is -0.299 e. The highest BCUT2D eigenvalue weighted by molar-refractivity contribution is 7.79. The first-order valence-electron chi connectivity index (χ1n) is 8.17. The molecular weight excluding hydrogens is 302 g/mol. The maximum absolute atomic E-state index is 12.5. The Morgan fingerprint density at radius 1 is 0.913 bits per heavy atom. The Kier molecular flexibility index (Phi) is 5.31. The molecule has 2 aromatic carbocycles. The second-order valence-electron chi connectivity index (χ2n) is 6.10. The number of hydrogen-bond acceptors (Lipinski definition) is 3. The second kappa shape index (κ2) is 7.62. The predicted octanol–water partition coefficient (Wildman–Crippen LogP) is 4.25. The third-order valence-electron chi connectivity index (χ3n) is 4.38. The van der Waals surface area contributed by atoms with E-state index in [0.29, 0.717) is 5.56 Å². The lowest BCUT2D eigenvalue weighted by atomic mass is 10.0. The van der Waals surface area contributed by atoms with E-state index in [0.717, 1.165) is 17.7 Å². The van der Waals surface area contributed by atoms with Crippen molar-refractivity contribution in [3.8, 4) is 0 Å². The summed E-state index contributed by atoms with van der Waals surface area (Å²) in [4.78, 5) is 15.0. The number of nitrogens with zero attached hydrogens (tertiary/aromatic N) is 1. The van der Waals surface area contributed by atoms with Crippen LogP contribution < -0.4 is 0 Å². The molecule has 2 nitrogen and oxygen atoms in total. The van der Waals surface area contributed by atoms with Gasteiger partial charge in [0, 0.05) is 23.0 Å². The van der Waals surface area contributed by atoms with Crippen molar-refractivity contribution >= 4 is 23.4 Å². The topological polar surface area (TPSA) is 20.3 Å². The zero-order valence-corrected chi connectivity index (χ0v) is 14.0. The molecule has 0 saturated carbocycles. The molecule has 1 aliphatic rings. The van der Waals surface area contributed by atoms with E-state index in [1.54, 1.807) is 5.37 Å². The summed E-state index contributed by atoms with van der Waals surface area (Å²) in [5.74, 6) is 0.0606. The molecule has 0 N–H and O–H groups in total. The minimum atomic E-state index is 0.0606. The summed E-state index contributed by atoms with van der Waals surface area (Å²) in [7, 11) is 0. The molecule has 1 aliphatic heterocycles. The molecule has 3 rings (SSSR count). The van der Waals surface area contributed by atoms with E-state index in [1.165, 1.54) is 37.9 Å². The Balaban J connectivity index is 1.67. The van der Waals surface area contributed by atoms with Gasteiger partial charge in [-0.2, -0.15) is 0 Å². The van der Waals surface area contributed by atoms with Crippen LogP contribution in [0.3, 0.4) is 0 Å². The van der Waals surface area contributed by atoms with Crippen LogP contribution in [0.4, 0.5) is 0 Å². The summed E-state index contributed by atoms with van der Waals surface area (Å²) in [5, 5.41) is 1.61. The van der Waals surface area contributed by atoms with E-state index in [9.17, 15) is 4.79 Å². The Morgan fingerprint density at radius 3 is 2.04 bits per heavy atom. The normalized spacial score (nSPS) is 15.3. The monoisotopic (exact) mass is 323 g/mol. The van der Waals surface area contributed by atoms with Crippen molar-refractivity contribution in [1.82, 2.24) is 4.90 Å². The summed E-state index contributed by atoms with van der Waals surface area (Å²) < 4.78 is 0. The molecule has 118 valence electrons. The smallest absolute Gasteiger partial charge is 0.193 e.